The molecule has 182 valence electrons. The maximum Gasteiger partial charge on any atom is 0.344 e. The maximum absolute atomic E-state index is 12.8. The van der Waals surface area contributed by atoms with Gasteiger partial charge in [-0.25, -0.2) is 9.59 Å². The van der Waals surface area contributed by atoms with Crippen molar-refractivity contribution in [3.63, 3.8) is 0 Å². The molecule has 3 aromatic rings. The normalized spacial score (nSPS) is 13.7. The number of rotatable bonds is 9. The van der Waals surface area contributed by atoms with Gasteiger partial charge in [0.1, 0.15) is 17.2 Å². The molecule has 2 aliphatic heterocycles. The van der Waals surface area contributed by atoms with Crippen molar-refractivity contribution in [1.82, 2.24) is 0 Å². The van der Waals surface area contributed by atoms with Crippen LogP contribution in [0.5, 0.6) is 17.2 Å². The van der Waals surface area contributed by atoms with E-state index >= 15 is 0 Å². The van der Waals surface area contributed by atoms with Crippen LogP contribution >= 0.6 is 0 Å². The van der Waals surface area contributed by atoms with Crippen molar-refractivity contribution in [2.24, 2.45) is 0 Å². The molecule has 0 bridgehead atoms. The van der Waals surface area contributed by atoms with Crippen LogP contribution in [-0.2, 0) is 19.1 Å². The molecule has 0 unspecified atom stereocenters. The number of hydrogen-bond donors (Lipinski definition) is 0. The molecular formula is C29H24O7. The maximum atomic E-state index is 12.8. The third-order valence-corrected chi connectivity index (χ3v) is 5.90. The third kappa shape index (κ3) is 4.60. The number of hydrogen-bond acceptors (Lipinski definition) is 7. The first-order chi connectivity index (χ1) is 17.5. The molecular weight excluding hydrogens is 460 g/mol. The van der Waals surface area contributed by atoms with Crippen molar-refractivity contribution < 1.29 is 33.3 Å². The van der Waals surface area contributed by atoms with E-state index < -0.39 is 11.9 Å². The number of carbonyl (C=O) groups is 3. The second kappa shape index (κ2) is 10.1. The van der Waals surface area contributed by atoms with E-state index in [9.17, 15) is 14.4 Å². The lowest BCUT2D eigenvalue weighted by molar-refractivity contribution is -0.144. The van der Waals surface area contributed by atoms with Crippen LogP contribution in [0.3, 0.4) is 0 Å². The van der Waals surface area contributed by atoms with Gasteiger partial charge in [0.25, 0.3) is 0 Å². The van der Waals surface area contributed by atoms with Crippen LogP contribution < -0.4 is 24.6 Å². The van der Waals surface area contributed by atoms with Crippen LogP contribution in [0.1, 0.15) is 37.3 Å². The Morgan fingerprint density at radius 2 is 1.36 bits per heavy atom. The molecule has 0 amide bonds. The summed E-state index contributed by atoms with van der Waals surface area (Å²) in [5.41, 5.74) is 2.23. The van der Waals surface area contributed by atoms with Crippen LogP contribution in [0.4, 0.5) is 0 Å². The predicted molar refractivity (Wildman–Crippen MR) is 131 cm³/mol. The lowest BCUT2D eigenvalue weighted by atomic mass is 10.0. The largest absolute Gasteiger partial charge is 0.494 e. The molecule has 7 heteroatoms. The van der Waals surface area contributed by atoms with E-state index in [0.717, 1.165) is 12.0 Å². The Kier molecular flexibility index (Phi) is 6.54. The molecule has 0 atom stereocenters. The van der Waals surface area contributed by atoms with E-state index in [0.29, 0.717) is 70.5 Å². The average molecular weight is 485 g/mol. The Morgan fingerprint density at radius 1 is 0.778 bits per heavy atom. The summed E-state index contributed by atoms with van der Waals surface area (Å²) >= 11 is 0. The summed E-state index contributed by atoms with van der Waals surface area (Å²) < 4.78 is 21.8. The van der Waals surface area contributed by atoms with Gasteiger partial charge >= 0.3 is 17.9 Å². The van der Waals surface area contributed by atoms with Crippen LogP contribution in [0.15, 0.2) is 66.7 Å². The summed E-state index contributed by atoms with van der Waals surface area (Å²) in [6.45, 7) is 2.76. The van der Waals surface area contributed by atoms with Gasteiger partial charge in [0.05, 0.1) is 24.4 Å². The molecule has 2 aliphatic rings. The minimum atomic E-state index is -0.472. The van der Waals surface area contributed by atoms with Gasteiger partial charge in [0.15, 0.2) is 0 Å². The second-order valence-corrected chi connectivity index (χ2v) is 8.44. The molecule has 0 saturated carbocycles. The van der Waals surface area contributed by atoms with Gasteiger partial charge in [0.2, 0.25) is 0 Å². The van der Waals surface area contributed by atoms with Crippen molar-refractivity contribution in [3.8, 4) is 17.2 Å². The zero-order chi connectivity index (χ0) is 25.1. The SMILES string of the molecule is CCCOC(=O)CCCOc1ccc(C2=c3cc4c(cc3OC2=O)=C(c2ccccc2)C(=O)O4)cc1. The highest BCUT2D eigenvalue weighted by Crippen LogP contribution is 2.27. The first kappa shape index (κ1) is 23.4. The second-order valence-electron chi connectivity index (χ2n) is 8.44. The quantitative estimate of drug-likeness (QED) is 0.262. The average Bonchev–Trinajstić information content (AvgIpc) is 3.38. The van der Waals surface area contributed by atoms with E-state index in [1.807, 2.05) is 37.3 Å². The van der Waals surface area contributed by atoms with Gasteiger partial charge in [0, 0.05) is 16.9 Å². The minimum absolute atomic E-state index is 0.226. The molecule has 0 spiro atoms. The summed E-state index contributed by atoms with van der Waals surface area (Å²) in [4.78, 5) is 36.9. The lowest BCUT2D eigenvalue weighted by Crippen LogP contribution is -2.11. The zero-order valence-corrected chi connectivity index (χ0v) is 19.7. The summed E-state index contributed by atoms with van der Waals surface area (Å²) in [6.07, 6.45) is 1.65. The summed E-state index contributed by atoms with van der Waals surface area (Å²) in [5.74, 6) is 0.268. The van der Waals surface area contributed by atoms with Crippen LogP contribution in [0.25, 0.3) is 11.1 Å². The first-order valence-corrected chi connectivity index (χ1v) is 11.9. The highest BCUT2D eigenvalue weighted by atomic mass is 16.5. The molecule has 5 rings (SSSR count). The molecule has 0 radical (unpaired) electrons. The standard InChI is InChI=1S/C29H24O7/c1-2-14-34-25(30)9-6-15-33-20-12-10-19(11-13-20)27-22-17-23-21(16-24(22)36-29(27)32)26(28(31)35-23)18-7-4-3-5-8-18/h3-5,7-8,10-13,16-17H,2,6,9,14-15H2,1H3. The number of benzene rings is 3. The van der Waals surface area contributed by atoms with E-state index in [4.69, 9.17) is 18.9 Å². The molecule has 2 heterocycles. The Hall–Kier alpha value is -4.39. The minimum Gasteiger partial charge on any atom is -0.494 e. The Labute approximate surface area is 207 Å². The third-order valence-electron chi connectivity index (χ3n) is 5.90. The zero-order valence-electron chi connectivity index (χ0n) is 19.7. The predicted octanol–water partition coefficient (Wildman–Crippen LogP) is 3.03. The van der Waals surface area contributed by atoms with Crippen LogP contribution in [-0.4, -0.2) is 31.1 Å². The van der Waals surface area contributed by atoms with Gasteiger partial charge in [-0.1, -0.05) is 49.4 Å². The van der Waals surface area contributed by atoms with Gasteiger partial charge in [-0.15, -0.1) is 0 Å². The molecule has 0 aliphatic carbocycles. The van der Waals surface area contributed by atoms with Crippen molar-refractivity contribution in [1.29, 1.82) is 0 Å². The molecule has 0 aromatic heterocycles. The number of fused-ring (bicyclic) bond motifs is 2. The summed E-state index contributed by atoms with van der Waals surface area (Å²) in [7, 11) is 0. The van der Waals surface area contributed by atoms with Gasteiger partial charge in [-0.05, 0) is 48.2 Å². The van der Waals surface area contributed by atoms with Gasteiger partial charge < -0.3 is 18.9 Å². The Balaban J connectivity index is 1.37. The van der Waals surface area contributed by atoms with E-state index in [2.05, 4.69) is 0 Å². The number of esters is 3. The van der Waals surface area contributed by atoms with Crippen molar-refractivity contribution >= 4 is 29.1 Å². The smallest absolute Gasteiger partial charge is 0.344 e. The van der Waals surface area contributed by atoms with Gasteiger partial charge in [-0.3, -0.25) is 4.79 Å². The van der Waals surface area contributed by atoms with Gasteiger partial charge in [-0.2, -0.15) is 0 Å². The summed E-state index contributed by atoms with van der Waals surface area (Å²) in [6, 6.07) is 19.7. The fourth-order valence-corrected chi connectivity index (χ4v) is 4.21. The molecule has 7 nitrogen and oxygen atoms in total. The number of carbonyl (C=O) groups excluding carboxylic acids is 3. The van der Waals surface area contributed by atoms with Crippen LogP contribution in [0, 0.1) is 0 Å². The fourth-order valence-electron chi connectivity index (χ4n) is 4.21. The molecule has 0 N–H and O–H groups in total. The molecule has 36 heavy (non-hydrogen) atoms. The van der Waals surface area contributed by atoms with Crippen molar-refractivity contribution in [2.75, 3.05) is 13.2 Å². The highest BCUT2D eigenvalue weighted by Gasteiger charge is 2.30. The lowest BCUT2D eigenvalue weighted by Gasteiger charge is -2.07. The number of ether oxygens (including phenoxy) is 4. The van der Waals surface area contributed by atoms with Crippen molar-refractivity contribution in [3.05, 3.63) is 88.3 Å². The van der Waals surface area contributed by atoms with E-state index in [1.165, 1.54) is 0 Å². The summed E-state index contributed by atoms with van der Waals surface area (Å²) in [5, 5.41) is 1.17. The van der Waals surface area contributed by atoms with Crippen LogP contribution in [0.2, 0.25) is 0 Å². The van der Waals surface area contributed by atoms with E-state index in [-0.39, 0.29) is 5.97 Å². The molecule has 0 fully saturated rings. The Morgan fingerprint density at radius 3 is 1.94 bits per heavy atom. The topological polar surface area (TPSA) is 88.1 Å². The first-order valence-electron chi connectivity index (χ1n) is 11.9. The highest BCUT2D eigenvalue weighted by molar-refractivity contribution is 6.21. The molecule has 3 aromatic carbocycles. The van der Waals surface area contributed by atoms with Crippen molar-refractivity contribution in [2.45, 2.75) is 26.2 Å². The molecule has 0 saturated heterocycles. The monoisotopic (exact) mass is 484 g/mol. The Bertz CT molecular complexity index is 1450. The van der Waals surface area contributed by atoms with E-state index in [1.54, 1.807) is 36.4 Å². The fraction of sp³-hybridized carbons (Fsp3) is 0.207.